The third-order valence-corrected chi connectivity index (χ3v) is 4.52. The lowest BCUT2D eigenvalue weighted by molar-refractivity contribution is 0.101. The largest absolute Gasteiger partial charge is 0.454 e. The van der Waals surface area contributed by atoms with Gasteiger partial charge in [0.25, 0.3) is 0 Å². The lowest BCUT2D eigenvalue weighted by Gasteiger charge is -2.09. The normalized spacial score (nSPS) is 15.7. The first-order chi connectivity index (χ1) is 11.1. The van der Waals surface area contributed by atoms with Crippen molar-refractivity contribution in [1.82, 2.24) is 4.57 Å². The molecule has 2 aromatic rings. The summed E-state index contributed by atoms with van der Waals surface area (Å²) in [5.41, 5.74) is 3.94. The number of carbonyl (C=O) groups excluding carboxylic acids is 1. The molecule has 1 fully saturated rings. The van der Waals surface area contributed by atoms with Crippen LogP contribution in [0.2, 0.25) is 0 Å². The van der Waals surface area contributed by atoms with Crippen molar-refractivity contribution in [2.75, 3.05) is 18.7 Å². The first-order valence-corrected chi connectivity index (χ1v) is 7.98. The van der Waals surface area contributed by atoms with Crippen molar-refractivity contribution in [3.05, 3.63) is 41.2 Å². The summed E-state index contributed by atoms with van der Waals surface area (Å²) in [5, 5.41) is 3.18. The molecule has 1 aliphatic carbocycles. The summed E-state index contributed by atoms with van der Waals surface area (Å²) < 4.78 is 12.9. The van der Waals surface area contributed by atoms with Gasteiger partial charge in [-0.2, -0.15) is 0 Å². The molecule has 0 unspecified atom stereocenters. The Hall–Kier alpha value is -2.43. The van der Waals surface area contributed by atoms with Crippen LogP contribution in [-0.2, 0) is 0 Å². The van der Waals surface area contributed by atoms with Crippen LogP contribution in [0.25, 0.3) is 0 Å². The zero-order chi connectivity index (χ0) is 16.0. The van der Waals surface area contributed by atoms with E-state index in [9.17, 15) is 4.79 Å². The summed E-state index contributed by atoms with van der Waals surface area (Å²) in [5.74, 6) is 1.58. The first-order valence-electron chi connectivity index (χ1n) is 7.98. The standard InChI is InChI=1S/C18H20N2O3/c1-11-7-15(12(2)20(11)14-4-5-14)16(21)9-19-13-3-6-17-18(8-13)23-10-22-17/h3,6-8,14,19H,4-5,9-10H2,1-2H3. The van der Waals surface area contributed by atoms with Gasteiger partial charge in [0.15, 0.2) is 17.3 Å². The Morgan fingerprint density at radius 1 is 1.22 bits per heavy atom. The summed E-state index contributed by atoms with van der Waals surface area (Å²) >= 11 is 0. The Morgan fingerprint density at radius 2 is 2.00 bits per heavy atom. The molecule has 1 aromatic carbocycles. The van der Waals surface area contributed by atoms with E-state index in [2.05, 4.69) is 16.8 Å². The molecule has 0 radical (unpaired) electrons. The molecule has 0 atom stereocenters. The molecule has 1 saturated carbocycles. The minimum Gasteiger partial charge on any atom is -0.454 e. The number of fused-ring (bicyclic) bond motifs is 1. The maximum atomic E-state index is 12.5. The van der Waals surface area contributed by atoms with Crippen molar-refractivity contribution in [2.45, 2.75) is 32.7 Å². The Morgan fingerprint density at radius 3 is 2.78 bits per heavy atom. The number of ketones is 1. The first kappa shape index (κ1) is 14.2. The summed E-state index contributed by atoms with van der Waals surface area (Å²) in [6.07, 6.45) is 2.44. The number of carbonyl (C=O) groups is 1. The Labute approximate surface area is 135 Å². The van der Waals surface area contributed by atoms with E-state index in [4.69, 9.17) is 9.47 Å². The number of hydrogen-bond acceptors (Lipinski definition) is 4. The number of hydrogen-bond donors (Lipinski definition) is 1. The second-order valence-electron chi connectivity index (χ2n) is 6.23. The molecule has 120 valence electrons. The zero-order valence-corrected chi connectivity index (χ0v) is 13.4. The molecular formula is C18H20N2O3. The van der Waals surface area contributed by atoms with Gasteiger partial charge in [-0.15, -0.1) is 0 Å². The van der Waals surface area contributed by atoms with Crippen LogP contribution in [0.4, 0.5) is 5.69 Å². The molecule has 0 bridgehead atoms. The van der Waals surface area contributed by atoms with Crippen molar-refractivity contribution in [3.8, 4) is 11.5 Å². The van der Waals surface area contributed by atoms with Crippen LogP contribution >= 0.6 is 0 Å². The van der Waals surface area contributed by atoms with E-state index < -0.39 is 0 Å². The van der Waals surface area contributed by atoms with E-state index in [-0.39, 0.29) is 19.1 Å². The molecule has 1 aromatic heterocycles. The van der Waals surface area contributed by atoms with Gasteiger partial charge in [-0.05, 0) is 44.9 Å². The molecule has 2 aliphatic rings. The van der Waals surface area contributed by atoms with Gasteiger partial charge in [0.2, 0.25) is 6.79 Å². The molecule has 1 N–H and O–H groups in total. The number of aryl methyl sites for hydroxylation is 1. The van der Waals surface area contributed by atoms with Crippen molar-refractivity contribution < 1.29 is 14.3 Å². The molecule has 0 amide bonds. The van der Waals surface area contributed by atoms with Gasteiger partial charge < -0.3 is 19.4 Å². The molecule has 0 spiro atoms. The molecule has 4 rings (SSSR count). The molecule has 23 heavy (non-hydrogen) atoms. The predicted octanol–water partition coefficient (Wildman–Crippen LogP) is 3.46. The molecule has 1 aliphatic heterocycles. The average molecular weight is 312 g/mol. The van der Waals surface area contributed by atoms with Gasteiger partial charge in [-0.25, -0.2) is 0 Å². The highest BCUT2D eigenvalue weighted by Crippen LogP contribution is 2.38. The fourth-order valence-electron chi connectivity index (χ4n) is 3.24. The van der Waals surface area contributed by atoms with Crippen LogP contribution in [0.15, 0.2) is 24.3 Å². The molecule has 0 saturated heterocycles. The van der Waals surface area contributed by atoms with Crippen LogP contribution in [0.1, 0.15) is 40.6 Å². The van der Waals surface area contributed by atoms with E-state index >= 15 is 0 Å². The number of ether oxygens (including phenoxy) is 2. The van der Waals surface area contributed by atoms with Crippen molar-refractivity contribution in [3.63, 3.8) is 0 Å². The van der Waals surface area contributed by atoms with Crippen LogP contribution in [0, 0.1) is 13.8 Å². The number of anilines is 1. The number of aromatic nitrogens is 1. The summed E-state index contributed by atoms with van der Waals surface area (Å²) in [7, 11) is 0. The van der Waals surface area contributed by atoms with Gasteiger partial charge in [-0.3, -0.25) is 4.79 Å². The minimum atomic E-state index is 0.114. The van der Waals surface area contributed by atoms with Gasteiger partial charge in [0.1, 0.15) is 0 Å². The number of benzene rings is 1. The summed E-state index contributed by atoms with van der Waals surface area (Å²) in [6.45, 7) is 4.64. The third-order valence-electron chi connectivity index (χ3n) is 4.52. The summed E-state index contributed by atoms with van der Waals surface area (Å²) in [6, 6.07) is 8.22. The Balaban J connectivity index is 1.47. The van der Waals surface area contributed by atoms with Gasteiger partial charge in [0.05, 0.1) is 6.54 Å². The minimum absolute atomic E-state index is 0.114. The second-order valence-corrected chi connectivity index (χ2v) is 6.23. The van der Waals surface area contributed by atoms with Gasteiger partial charge in [-0.1, -0.05) is 0 Å². The van der Waals surface area contributed by atoms with Crippen LogP contribution in [0.3, 0.4) is 0 Å². The average Bonchev–Trinajstić information content (AvgIpc) is 3.17. The van der Waals surface area contributed by atoms with Crippen LogP contribution in [-0.4, -0.2) is 23.7 Å². The Kier molecular flexibility index (Phi) is 3.29. The highest BCUT2D eigenvalue weighted by molar-refractivity contribution is 6.00. The topological polar surface area (TPSA) is 52.5 Å². The second kappa shape index (κ2) is 5.33. The van der Waals surface area contributed by atoms with Crippen molar-refractivity contribution in [1.29, 1.82) is 0 Å². The fraction of sp³-hybridized carbons (Fsp3) is 0.389. The highest BCUT2D eigenvalue weighted by Gasteiger charge is 2.28. The highest BCUT2D eigenvalue weighted by atomic mass is 16.7. The van der Waals surface area contributed by atoms with E-state index in [1.807, 2.05) is 31.2 Å². The molecule has 2 heterocycles. The predicted molar refractivity (Wildman–Crippen MR) is 87.6 cm³/mol. The number of rotatable bonds is 5. The SMILES string of the molecule is Cc1cc(C(=O)CNc2ccc3c(c2)OCO3)c(C)n1C1CC1. The maximum Gasteiger partial charge on any atom is 0.231 e. The smallest absolute Gasteiger partial charge is 0.231 e. The Bertz CT molecular complexity index is 775. The fourth-order valence-corrected chi connectivity index (χ4v) is 3.24. The maximum absolute atomic E-state index is 12.5. The van der Waals surface area contributed by atoms with Crippen molar-refractivity contribution in [2.24, 2.45) is 0 Å². The zero-order valence-electron chi connectivity index (χ0n) is 13.4. The monoisotopic (exact) mass is 312 g/mol. The van der Waals surface area contributed by atoms with E-state index in [0.29, 0.717) is 6.04 Å². The van der Waals surface area contributed by atoms with Gasteiger partial charge in [0, 0.05) is 34.7 Å². The van der Waals surface area contributed by atoms with Crippen LogP contribution < -0.4 is 14.8 Å². The van der Waals surface area contributed by atoms with Crippen molar-refractivity contribution >= 4 is 11.5 Å². The number of nitrogens with zero attached hydrogens (tertiary/aromatic N) is 1. The van der Waals surface area contributed by atoms with Crippen LogP contribution in [0.5, 0.6) is 11.5 Å². The molecule has 5 heteroatoms. The lowest BCUT2D eigenvalue weighted by Crippen LogP contribution is -2.15. The van der Waals surface area contributed by atoms with E-state index in [1.165, 1.54) is 18.5 Å². The lowest BCUT2D eigenvalue weighted by atomic mass is 10.1. The molecule has 5 nitrogen and oxygen atoms in total. The van der Waals surface area contributed by atoms with E-state index in [1.54, 1.807) is 0 Å². The quantitative estimate of drug-likeness (QED) is 0.859. The third kappa shape index (κ3) is 2.56. The van der Waals surface area contributed by atoms with Gasteiger partial charge >= 0.3 is 0 Å². The summed E-state index contributed by atoms with van der Waals surface area (Å²) in [4.78, 5) is 12.5. The number of Topliss-reactive ketones (excluding diaryl/α,β-unsaturated/α-hetero) is 1. The molecular weight excluding hydrogens is 292 g/mol. The number of nitrogens with one attached hydrogen (secondary N) is 1. The van der Waals surface area contributed by atoms with E-state index in [0.717, 1.165) is 28.4 Å².